The Hall–Kier alpha value is -2.02. The van der Waals surface area contributed by atoms with Crippen LogP contribution in [-0.2, 0) is 10.1 Å². The number of aryl methyl sites for hydroxylation is 1. The Morgan fingerprint density at radius 2 is 2.06 bits per heavy atom. The highest BCUT2D eigenvalue weighted by atomic mass is 32.2. The molecule has 0 saturated heterocycles. The van der Waals surface area contributed by atoms with E-state index < -0.39 is 10.1 Å². The summed E-state index contributed by atoms with van der Waals surface area (Å²) in [6.07, 6.45) is 5.74. The summed E-state index contributed by atoms with van der Waals surface area (Å²) in [6.45, 7) is 1.83. The van der Waals surface area contributed by atoms with Gasteiger partial charge in [0.1, 0.15) is 0 Å². The Morgan fingerprint density at radius 1 is 1.28 bits per heavy atom. The molecule has 0 saturated carbocycles. The first kappa shape index (κ1) is 12.4. The van der Waals surface area contributed by atoms with E-state index in [0.717, 1.165) is 17.4 Å². The van der Waals surface area contributed by atoms with Crippen molar-refractivity contribution < 1.29 is 12.6 Å². The van der Waals surface area contributed by atoms with E-state index in [2.05, 4.69) is 19.1 Å². The number of rotatable bonds is 3. The Labute approximate surface area is 105 Å². The van der Waals surface area contributed by atoms with Crippen LogP contribution in [0.5, 0.6) is 6.01 Å². The highest BCUT2D eigenvalue weighted by Gasteiger charge is 2.11. The van der Waals surface area contributed by atoms with Gasteiger partial charge in [-0.2, -0.15) is 13.4 Å². The van der Waals surface area contributed by atoms with Gasteiger partial charge in [0.25, 0.3) is 0 Å². The van der Waals surface area contributed by atoms with Gasteiger partial charge >= 0.3 is 16.1 Å². The third kappa shape index (κ3) is 3.01. The van der Waals surface area contributed by atoms with Gasteiger partial charge in [-0.3, -0.25) is 4.98 Å². The largest absolute Gasteiger partial charge is 0.343 e. The molecule has 0 radical (unpaired) electrons. The van der Waals surface area contributed by atoms with Gasteiger partial charge < -0.3 is 4.18 Å². The lowest BCUT2D eigenvalue weighted by Crippen LogP contribution is -2.09. The standard InChI is InChI=1S/C11H11N3O3S/c1-8-6-13-11(17-18(2,15)16)14-10(8)9-4-3-5-12-7-9/h3-7H,1-2H3. The first-order chi connectivity index (χ1) is 8.46. The number of nitrogens with zero attached hydrogens (tertiary/aromatic N) is 3. The van der Waals surface area contributed by atoms with Crippen LogP contribution in [0.15, 0.2) is 30.7 Å². The molecule has 0 spiro atoms. The summed E-state index contributed by atoms with van der Waals surface area (Å²) in [7, 11) is -3.63. The second kappa shape index (κ2) is 4.69. The number of pyridine rings is 1. The van der Waals surface area contributed by atoms with Gasteiger partial charge in [-0.15, -0.1) is 0 Å². The van der Waals surface area contributed by atoms with Crippen molar-refractivity contribution in [2.75, 3.05) is 6.26 Å². The second-order valence-electron chi connectivity index (χ2n) is 3.71. The Morgan fingerprint density at radius 3 is 2.67 bits per heavy atom. The molecule has 0 atom stereocenters. The zero-order valence-electron chi connectivity index (χ0n) is 9.86. The van der Waals surface area contributed by atoms with E-state index in [4.69, 9.17) is 0 Å². The molecule has 0 unspecified atom stereocenters. The maximum Gasteiger partial charge on any atom is 0.333 e. The van der Waals surface area contributed by atoms with E-state index in [1.165, 1.54) is 6.20 Å². The van der Waals surface area contributed by atoms with Gasteiger partial charge in [0.2, 0.25) is 0 Å². The van der Waals surface area contributed by atoms with E-state index in [1.807, 2.05) is 13.0 Å². The Bertz CT molecular complexity index is 656. The first-order valence-corrected chi connectivity index (χ1v) is 6.91. The lowest BCUT2D eigenvalue weighted by Gasteiger charge is -2.06. The predicted octanol–water partition coefficient (Wildman–Crippen LogP) is 1.19. The molecule has 2 rings (SSSR count). The summed E-state index contributed by atoms with van der Waals surface area (Å²) >= 11 is 0. The van der Waals surface area contributed by atoms with Crippen molar-refractivity contribution in [3.63, 3.8) is 0 Å². The zero-order valence-corrected chi connectivity index (χ0v) is 10.7. The highest BCUT2D eigenvalue weighted by molar-refractivity contribution is 7.86. The van der Waals surface area contributed by atoms with Crippen LogP contribution < -0.4 is 4.18 Å². The molecule has 0 aliphatic rings. The minimum atomic E-state index is -3.63. The van der Waals surface area contributed by atoms with Crippen LogP contribution in [0.4, 0.5) is 0 Å². The molecule has 2 aromatic rings. The second-order valence-corrected chi connectivity index (χ2v) is 5.29. The topological polar surface area (TPSA) is 82.0 Å². The Balaban J connectivity index is 2.46. The molecule has 7 heteroatoms. The molecule has 0 aliphatic carbocycles. The van der Waals surface area contributed by atoms with Crippen LogP contribution in [0.25, 0.3) is 11.3 Å². The molecule has 2 heterocycles. The summed E-state index contributed by atoms with van der Waals surface area (Å²) in [6, 6.07) is 3.41. The molecule has 18 heavy (non-hydrogen) atoms. The molecule has 2 aromatic heterocycles. The minimum absolute atomic E-state index is 0.193. The molecular weight excluding hydrogens is 254 g/mol. The fourth-order valence-electron chi connectivity index (χ4n) is 1.40. The summed E-state index contributed by atoms with van der Waals surface area (Å²) in [4.78, 5) is 11.9. The molecule has 0 bridgehead atoms. The molecule has 0 amide bonds. The lowest BCUT2D eigenvalue weighted by molar-refractivity contribution is 0.470. The average molecular weight is 265 g/mol. The van der Waals surface area contributed by atoms with Crippen molar-refractivity contribution in [2.45, 2.75) is 6.92 Å². The van der Waals surface area contributed by atoms with Gasteiger partial charge in [-0.1, -0.05) is 0 Å². The van der Waals surface area contributed by atoms with Crippen LogP contribution >= 0.6 is 0 Å². The van der Waals surface area contributed by atoms with E-state index in [1.54, 1.807) is 18.5 Å². The first-order valence-electron chi connectivity index (χ1n) is 5.09. The lowest BCUT2D eigenvalue weighted by atomic mass is 10.1. The van der Waals surface area contributed by atoms with E-state index >= 15 is 0 Å². The van der Waals surface area contributed by atoms with Crippen LogP contribution in [0, 0.1) is 6.92 Å². The smallest absolute Gasteiger partial charge is 0.333 e. The summed E-state index contributed by atoms with van der Waals surface area (Å²) < 4.78 is 26.7. The highest BCUT2D eigenvalue weighted by Crippen LogP contribution is 2.21. The van der Waals surface area contributed by atoms with Crippen molar-refractivity contribution in [3.05, 3.63) is 36.3 Å². The maximum absolute atomic E-state index is 11.0. The monoisotopic (exact) mass is 265 g/mol. The van der Waals surface area contributed by atoms with Gasteiger partial charge in [0.15, 0.2) is 0 Å². The number of hydrogen-bond acceptors (Lipinski definition) is 6. The SMILES string of the molecule is Cc1cnc(OS(C)(=O)=O)nc1-c1cccnc1. The minimum Gasteiger partial charge on any atom is -0.343 e. The van der Waals surface area contributed by atoms with Crippen LogP contribution in [0.3, 0.4) is 0 Å². The molecule has 0 N–H and O–H groups in total. The van der Waals surface area contributed by atoms with E-state index in [9.17, 15) is 8.42 Å². The van der Waals surface area contributed by atoms with E-state index in [-0.39, 0.29) is 6.01 Å². The fourth-order valence-corrected chi connectivity index (χ4v) is 1.75. The van der Waals surface area contributed by atoms with Crippen molar-refractivity contribution in [2.24, 2.45) is 0 Å². The molecule has 0 fully saturated rings. The summed E-state index contributed by atoms with van der Waals surface area (Å²) in [5, 5.41) is 0. The predicted molar refractivity (Wildman–Crippen MR) is 65.5 cm³/mol. The zero-order chi connectivity index (χ0) is 13.2. The van der Waals surface area contributed by atoms with Crippen LogP contribution in [0.2, 0.25) is 0 Å². The maximum atomic E-state index is 11.0. The van der Waals surface area contributed by atoms with Crippen LogP contribution in [0.1, 0.15) is 5.56 Å². The Kier molecular flexibility index (Phi) is 3.24. The van der Waals surface area contributed by atoms with Crippen molar-refractivity contribution in [1.82, 2.24) is 15.0 Å². The molecule has 94 valence electrons. The van der Waals surface area contributed by atoms with Gasteiger partial charge in [-0.05, 0) is 24.6 Å². The average Bonchev–Trinajstić information content (AvgIpc) is 2.31. The summed E-state index contributed by atoms with van der Waals surface area (Å²) in [5.74, 6) is 0. The quantitative estimate of drug-likeness (QED) is 0.775. The fraction of sp³-hybridized carbons (Fsp3) is 0.182. The van der Waals surface area contributed by atoms with Crippen molar-refractivity contribution >= 4 is 10.1 Å². The van der Waals surface area contributed by atoms with Crippen molar-refractivity contribution in [1.29, 1.82) is 0 Å². The normalized spacial score (nSPS) is 11.2. The molecular formula is C11H11N3O3S. The number of hydrogen-bond donors (Lipinski definition) is 0. The molecule has 6 nitrogen and oxygen atoms in total. The van der Waals surface area contributed by atoms with Gasteiger partial charge in [0.05, 0.1) is 11.9 Å². The summed E-state index contributed by atoms with van der Waals surface area (Å²) in [5.41, 5.74) is 2.18. The van der Waals surface area contributed by atoms with Gasteiger partial charge in [-0.25, -0.2) is 4.98 Å². The van der Waals surface area contributed by atoms with Crippen LogP contribution in [-0.4, -0.2) is 29.6 Å². The molecule has 0 aromatic carbocycles. The van der Waals surface area contributed by atoms with E-state index in [0.29, 0.717) is 5.69 Å². The van der Waals surface area contributed by atoms with Gasteiger partial charge in [0, 0.05) is 24.2 Å². The third-order valence-corrected chi connectivity index (χ3v) is 2.56. The molecule has 0 aliphatic heterocycles. The number of aromatic nitrogens is 3. The van der Waals surface area contributed by atoms with Crippen molar-refractivity contribution in [3.8, 4) is 17.3 Å². The third-order valence-electron chi connectivity index (χ3n) is 2.11.